The molecule has 1 aliphatic carbocycles. The zero-order chi connectivity index (χ0) is 22.2. The number of ether oxygens (including phenoxy) is 1. The number of anilines is 2. The van der Waals surface area contributed by atoms with Gasteiger partial charge in [-0.2, -0.15) is 0 Å². The summed E-state index contributed by atoms with van der Waals surface area (Å²) in [4.78, 5) is 16.2. The van der Waals surface area contributed by atoms with E-state index in [4.69, 9.17) is 4.74 Å². The zero-order valence-corrected chi connectivity index (χ0v) is 16.8. The fourth-order valence-corrected chi connectivity index (χ4v) is 4.05. The Morgan fingerprint density at radius 1 is 1.19 bits per heavy atom. The monoisotopic (exact) mass is 430 g/mol. The van der Waals surface area contributed by atoms with Crippen molar-refractivity contribution in [2.45, 2.75) is 37.5 Å². The molecule has 1 heterocycles. The molecule has 5 nitrogen and oxygen atoms in total. The van der Waals surface area contributed by atoms with Crippen LogP contribution >= 0.6 is 0 Å². The van der Waals surface area contributed by atoms with E-state index in [0.717, 1.165) is 0 Å². The van der Waals surface area contributed by atoms with Gasteiger partial charge in [0.2, 0.25) is 5.92 Å². The third-order valence-electron chi connectivity index (χ3n) is 5.73. The van der Waals surface area contributed by atoms with E-state index in [1.165, 1.54) is 31.4 Å². The predicted octanol–water partition coefficient (Wildman–Crippen LogP) is 6.12. The number of methoxy groups -OCH3 is 1. The van der Waals surface area contributed by atoms with Crippen molar-refractivity contribution in [2.75, 3.05) is 12.4 Å². The first kappa shape index (κ1) is 21.0. The molecule has 0 radical (unpaired) electrons. The number of halogens is 3. The van der Waals surface area contributed by atoms with Crippen LogP contribution in [0.5, 0.6) is 5.75 Å². The number of aromatic carboxylic acids is 1. The molecule has 4 rings (SSSR count). The summed E-state index contributed by atoms with van der Waals surface area (Å²) in [5, 5.41) is 13.2. The lowest BCUT2D eigenvalue weighted by atomic mass is 9.81. The summed E-state index contributed by atoms with van der Waals surface area (Å²) < 4.78 is 46.6. The number of hydrogen-bond donors (Lipinski definition) is 2. The van der Waals surface area contributed by atoms with E-state index < -0.39 is 17.7 Å². The Kier molecular flexibility index (Phi) is 5.47. The molecule has 1 saturated carbocycles. The van der Waals surface area contributed by atoms with Gasteiger partial charge < -0.3 is 15.2 Å². The Balaban J connectivity index is 1.84. The molecular formula is C23H21F3N2O3. The summed E-state index contributed by atoms with van der Waals surface area (Å²) in [6.07, 6.45) is 1.67. The molecule has 31 heavy (non-hydrogen) atoms. The second-order valence-electron chi connectivity index (χ2n) is 7.72. The molecule has 1 fully saturated rings. The third-order valence-corrected chi connectivity index (χ3v) is 5.73. The smallest absolute Gasteiger partial charge is 0.337 e. The number of aromatic nitrogens is 1. The van der Waals surface area contributed by atoms with E-state index in [9.17, 15) is 23.1 Å². The molecule has 0 unspecified atom stereocenters. The first-order valence-electron chi connectivity index (χ1n) is 9.92. The van der Waals surface area contributed by atoms with E-state index in [-0.39, 0.29) is 42.9 Å². The van der Waals surface area contributed by atoms with Gasteiger partial charge in [-0.25, -0.2) is 18.0 Å². The third kappa shape index (κ3) is 4.28. The molecular weight excluding hydrogens is 409 g/mol. The maximum atomic E-state index is 14.1. The van der Waals surface area contributed by atoms with Crippen molar-refractivity contribution in [1.82, 2.24) is 4.98 Å². The van der Waals surface area contributed by atoms with Crippen molar-refractivity contribution in [1.29, 1.82) is 0 Å². The minimum Gasteiger partial charge on any atom is -0.497 e. The normalized spacial score (nSPS) is 16.3. The van der Waals surface area contributed by atoms with Crippen molar-refractivity contribution < 1.29 is 27.8 Å². The zero-order valence-electron chi connectivity index (χ0n) is 16.8. The van der Waals surface area contributed by atoms with Crippen LogP contribution in [0.3, 0.4) is 0 Å². The number of benzene rings is 2. The van der Waals surface area contributed by atoms with Crippen LogP contribution in [0, 0.1) is 5.82 Å². The number of fused-ring (bicyclic) bond motifs is 1. The van der Waals surface area contributed by atoms with Gasteiger partial charge in [0.1, 0.15) is 11.6 Å². The fourth-order valence-electron chi connectivity index (χ4n) is 4.05. The molecule has 0 amide bonds. The summed E-state index contributed by atoms with van der Waals surface area (Å²) in [7, 11) is 1.43. The van der Waals surface area contributed by atoms with Crippen LogP contribution in [0.25, 0.3) is 10.9 Å². The van der Waals surface area contributed by atoms with Crippen LogP contribution in [0.4, 0.5) is 24.5 Å². The van der Waals surface area contributed by atoms with E-state index in [0.29, 0.717) is 27.9 Å². The van der Waals surface area contributed by atoms with Crippen molar-refractivity contribution in [2.24, 2.45) is 0 Å². The quantitative estimate of drug-likeness (QED) is 0.510. The van der Waals surface area contributed by atoms with Gasteiger partial charge in [0.15, 0.2) is 0 Å². The molecule has 2 N–H and O–H groups in total. The highest BCUT2D eigenvalue weighted by Gasteiger charge is 2.36. The van der Waals surface area contributed by atoms with Gasteiger partial charge in [0.05, 0.1) is 29.6 Å². The molecule has 0 spiro atoms. The van der Waals surface area contributed by atoms with Gasteiger partial charge in [-0.05, 0) is 60.7 Å². The largest absolute Gasteiger partial charge is 0.497 e. The lowest BCUT2D eigenvalue weighted by molar-refractivity contribution is -0.0381. The molecule has 0 aliphatic heterocycles. The average molecular weight is 430 g/mol. The summed E-state index contributed by atoms with van der Waals surface area (Å²) in [5.74, 6) is -4.15. The Bertz CT molecular complexity index is 1140. The molecule has 1 aliphatic rings. The van der Waals surface area contributed by atoms with Gasteiger partial charge in [-0.1, -0.05) is 0 Å². The summed E-state index contributed by atoms with van der Waals surface area (Å²) in [6.45, 7) is 0. The minimum absolute atomic E-state index is 0.0261. The molecule has 2 aromatic carbocycles. The number of rotatable bonds is 5. The fraction of sp³-hybridized carbons (Fsp3) is 0.304. The minimum atomic E-state index is -2.69. The number of alkyl halides is 2. The second kappa shape index (κ2) is 8.09. The average Bonchev–Trinajstić information content (AvgIpc) is 2.74. The molecule has 0 saturated heterocycles. The SMILES string of the molecule is COc1ccc(Nc2c(C3CCC(F)(F)CC3)cnc3ccc(F)cc23)c(C(=O)O)c1. The maximum absolute atomic E-state index is 14.1. The van der Waals surface area contributed by atoms with Crippen LogP contribution < -0.4 is 10.1 Å². The van der Waals surface area contributed by atoms with Crippen molar-refractivity contribution in [3.63, 3.8) is 0 Å². The summed E-state index contributed by atoms with van der Waals surface area (Å²) in [5.41, 5.74) is 1.92. The summed E-state index contributed by atoms with van der Waals surface area (Å²) >= 11 is 0. The Morgan fingerprint density at radius 2 is 1.94 bits per heavy atom. The molecule has 0 bridgehead atoms. The van der Waals surface area contributed by atoms with Gasteiger partial charge in [-0.15, -0.1) is 0 Å². The van der Waals surface area contributed by atoms with Crippen LogP contribution in [0.15, 0.2) is 42.6 Å². The molecule has 1 aromatic heterocycles. The highest BCUT2D eigenvalue weighted by atomic mass is 19.3. The van der Waals surface area contributed by atoms with Crippen molar-refractivity contribution in [3.8, 4) is 5.75 Å². The topological polar surface area (TPSA) is 71.5 Å². The lowest BCUT2D eigenvalue weighted by Crippen LogP contribution is -2.24. The molecule has 162 valence electrons. The predicted molar refractivity (Wildman–Crippen MR) is 111 cm³/mol. The lowest BCUT2D eigenvalue weighted by Gasteiger charge is -2.30. The number of carboxylic acids is 1. The van der Waals surface area contributed by atoms with Crippen LogP contribution in [0.1, 0.15) is 47.5 Å². The number of carboxylic acid groups (broad SMARTS) is 1. The van der Waals surface area contributed by atoms with Gasteiger partial charge in [0, 0.05) is 24.4 Å². The van der Waals surface area contributed by atoms with Gasteiger partial charge >= 0.3 is 5.97 Å². The Hall–Kier alpha value is -3.29. The van der Waals surface area contributed by atoms with Crippen LogP contribution in [-0.4, -0.2) is 29.1 Å². The number of carbonyl (C=O) groups is 1. The second-order valence-corrected chi connectivity index (χ2v) is 7.72. The Morgan fingerprint density at radius 3 is 2.61 bits per heavy atom. The van der Waals surface area contributed by atoms with E-state index >= 15 is 0 Å². The number of pyridine rings is 1. The first-order chi connectivity index (χ1) is 14.8. The van der Waals surface area contributed by atoms with Gasteiger partial charge in [-0.3, -0.25) is 4.98 Å². The number of nitrogens with one attached hydrogen (secondary N) is 1. The molecule has 8 heteroatoms. The highest BCUT2D eigenvalue weighted by Crippen LogP contribution is 2.45. The summed E-state index contributed by atoms with van der Waals surface area (Å²) in [6, 6.07) is 8.69. The van der Waals surface area contributed by atoms with E-state index in [2.05, 4.69) is 10.3 Å². The standard InChI is InChI=1S/C23H21F3N2O3/c1-31-15-3-5-20(17(11-15)22(29)30)28-21-16-10-14(24)2-4-19(16)27-12-18(21)13-6-8-23(25,26)9-7-13/h2-5,10-13H,6-9H2,1H3,(H,27,28)(H,29,30). The number of hydrogen-bond acceptors (Lipinski definition) is 4. The first-order valence-corrected chi connectivity index (χ1v) is 9.92. The Labute approximate surface area is 176 Å². The number of nitrogens with zero attached hydrogens (tertiary/aromatic N) is 1. The van der Waals surface area contributed by atoms with Crippen molar-refractivity contribution in [3.05, 3.63) is 59.5 Å². The van der Waals surface area contributed by atoms with Crippen molar-refractivity contribution >= 4 is 28.2 Å². The maximum Gasteiger partial charge on any atom is 0.337 e. The molecule has 0 atom stereocenters. The van der Waals surface area contributed by atoms with Crippen LogP contribution in [0.2, 0.25) is 0 Å². The van der Waals surface area contributed by atoms with E-state index in [1.54, 1.807) is 18.3 Å². The van der Waals surface area contributed by atoms with Gasteiger partial charge in [0.25, 0.3) is 0 Å². The van der Waals surface area contributed by atoms with Crippen LogP contribution in [-0.2, 0) is 0 Å². The highest BCUT2D eigenvalue weighted by molar-refractivity contribution is 6.00. The van der Waals surface area contributed by atoms with E-state index in [1.807, 2.05) is 0 Å². The molecule has 3 aromatic rings.